The summed E-state index contributed by atoms with van der Waals surface area (Å²) in [5, 5.41) is 0.133. The highest BCUT2D eigenvalue weighted by atomic mass is 28.4. The number of aldehydes is 1. The van der Waals surface area contributed by atoms with Crippen LogP contribution < -0.4 is 0 Å². The average molecular weight is 226 g/mol. The van der Waals surface area contributed by atoms with Crippen molar-refractivity contribution in [1.29, 1.82) is 0 Å². The molecule has 0 amide bonds. The quantitative estimate of drug-likeness (QED) is 0.418. The highest BCUT2D eigenvalue weighted by Gasteiger charge is 2.38. The summed E-state index contributed by atoms with van der Waals surface area (Å²) < 4.78 is 5.92. The first-order chi connectivity index (χ1) is 6.74. The lowest BCUT2D eigenvalue weighted by Crippen LogP contribution is -2.44. The summed E-state index contributed by atoms with van der Waals surface area (Å²) in [5.74, 6) is 5.67. The van der Waals surface area contributed by atoms with E-state index in [0.29, 0.717) is 6.42 Å². The Morgan fingerprint density at radius 3 is 2.27 bits per heavy atom. The van der Waals surface area contributed by atoms with Crippen molar-refractivity contribution in [3.8, 4) is 11.8 Å². The molecule has 2 nitrogen and oxygen atoms in total. The highest BCUT2D eigenvalue weighted by Crippen LogP contribution is 2.37. The number of rotatable bonds is 4. The second-order valence-corrected chi connectivity index (χ2v) is 9.94. The molecule has 0 aliphatic heterocycles. The smallest absolute Gasteiger partial charge is 0.193 e. The van der Waals surface area contributed by atoms with Crippen LogP contribution in [-0.4, -0.2) is 20.7 Å². The first-order valence-electron chi connectivity index (χ1n) is 5.27. The Kier molecular flexibility index (Phi) is 5.26. The first-order valence-corrected chi connectivity index (χ1v) is 8.18. The monoisotopic (exact) mass is 226 g/mol. The van der Waals surface area contributed by atoms with Gasteiger partial charge in [-0.2, -0.15) is 0 Å². The maximum Gasteiger partial charge on any atom is 0.193 e. The Morgan fingerprint density at radius 2 is 1.93 bits per heavy atom. The zero-order valence-electron chi connectivity index (χ0n) is 10.7. The van der Waals surface area contributed by atoms with E-state index < -0.39 is 8.32 Å². The van der Waals surface area contributed by atoms with Crippen LogP contribution in [0.2, 0.25) is 18.1 Å². The summed E-state index contributed by atoms with van der Waals surface area (Å²) in [7, 11) is -1.84. The van der Waals surface area contributed by atoms with Gasteiger partial charge in [-0.05, 0) is 25.1 Å². The molecule has 86 valence electrons. The van der Waals surface area contributed by atoms with Gasteiger partial charge in [-0.15, -0.1) is 11.8 Å². The van der Waals surface area contributed by atoms with Crippen molar-refractivity contribution in [1.82, 2.24) is 0 Å². The maximum atomic E-state index is 10.8. The predicted molar refractivity (Wildman–Crippen MR) is 66.2 cm³/mol. The Balaban J connectivity index is 4.51. The molecule has 0 N–H and O–H groups in total. The van der Waals surface area contributed by atoms with Gasteiger partial charge in [0.1, 0.15) is 12.4 Å². The summed E-state index contributed by atoms with van der Waals surface area (Å²) in [6, 6.07) is 0. The molecule has 1 atom stereocenters. The van der Waals surface area contributed by atoms with E-state index >= 15 is 0 Å². The van der Waals surface area contributed by atoms with Crippen LogP contribution in [0.25, 0.3) is 0 Å². The predicted octanol–water partition coefficient (Wildman–Crippen LogP) is 2.99. The third kappa shape index (κ3) is 4.63. The number of carbonyl (C=O) groups is 1. The van der Waals surface area contributed by atoms with Gasteiger partial charge in [0.25, 0.3) is 0 Å². The largest absolute Gasteiger partial charge is 0.406 e. The number of hydrogen-bond donors (Lipinski definition) is 0. The van der Waals surface area contributed by atoms with E-state index in [-0.39, 0.29) is 11.1 Å². The molecular weight excluding hydrogens is 204 g/mol. The van der Waals surface area contributed by atoms with Crippen LogP contribution in [0.5, 0.6) is 0 Å². The van der Waals surface area contributed by atoms with Crippen molar-refractivity contribution in [3.63, 3.8) is 0 Å². The molecule has 0 radical (unpaired) electrons. The summed E-state index contributed by atoms with van der Waals surface area (Å²) in [5.41, 5.74) is 0. The van der Waals surface area contributed by atoms with Gasteiger partial charge in [0.2, 0.25) is 0 Å². The molecule has 15 heavy (non-hydrogen) atoms. The van der Waals surface area contributed by atoms with E-state index in [0.717, 1.165) is 6.29 Å². The maximum absolute atomic E-state index is 10.8. The van der Waals surface area contributed by atoms with Gasteiger partial charge in [-0.25, -0.2) is 0 Å². The molecule has 0 unspecified atom stereocenters. The summed E-state index contributed by atoms with van der Waals surface area (Å²) >= 11 is 0. The van der Waals surface area contributed by atoms with Crippen LogP contribution in [-0.2, 0) is 9.22 Å². The SMILES string of the molecule is CC#CC[C@H](C=O)O[Si](C)(C)C(C)(C)C. The van der Waals surface area contributed by atoms with Crippen LogP contribution in [0.1, 0.15) is 34.1 Å². The van der Waals surface area contributed by atoms with E-state index in [9.17, 15) is 4.79 Å². The topological polar surface area (TPSA) is 26.3 Å². The lowest BCUT2D eigenvalue weighted by molar-refractivity contribution is -0.113. The molecule has 0 heterocycles. The van der Waals surface area contributed by atoms with Crippen LogP contribution in [0, 0.1) is 11.8 Å². The van der Waals surface area contributed by atoms with E-state index in [1.807, 2.05) is 0 Å². The van der Waals surface area contributed by atoms with Crippen molar-refractivity contribution in [2.45, 2.75) is 58.4 Å². The summed E-state index contributed by atoms with van der Waals surface area (Å²) in [4.78, 5) is 10.8. The Bertz CT molecular complexity index is 266. The molecule has 0 bridgehead atoms. The molecule has 0 spiro atoms. The molecule has 0 aromatic carbocycles. The molecule has 3 heteroatoms. The van der Waals surface area contributed by atoms with Crippen molar-refractivity contribution < 1.29 is 9.22 Å². The normalized spacial score (nSPS) is 14.0. The average Bonchev–Trinajstić information content (AvgIpc) is 2.10. The van der Waals surface area contributed by atoms with Crippen molar-refractivity contribution >= 4 is 14.6 Å². The van der Waals surface area contributed by atoms with Gasteiger partial charge >= 0.3 is 0 Å². The van der Waals surface area contributed by atoms with Gasteiger partial charge in [-0.1, -0.05) is 20.8 Å². The fraction of sp³-hybridized carbons (Fsp3) is 0.750. The molecule has 0 saturated heterocycles. The first kappa shape index (κ1) is 14.4. The standard InChI is InChI=1S/C12H22O2Si/c1-7-8-9-11(10-13)14-15(5,6)12(2,3)4/h10-11H,9H2,1-6H3/t11-/m1/s1. The molecule has 0 aromatic rings. The van der Waals surface area contributed by atoms with Crippen LogP contribution in [0.15, 0.2) is 0 Å². The van der Waals surface area contributed by atoms with Gasteiger partial charge in [-0.3, -0.25) is 0 Å². The summed E-state index contributed by atoms with van der Waals surface area (Å²) in [6.07, 6.45) is 1.01. The molecule has 0 aliphatic rings. The van der Waals surface area contributed by atoms with E-state index in [4.69, 9.17) is 4.43 Å². The fourth-order valence-electron chi connectivity index (χ4n) is 0.875. The second kappa shape index (κ2) is 5.48. The lowest BCUT2D eigenvalue weighted by Gasteiger charge is -2.37. The lowest BCUT2D eigenvalue weighted by atomic mass is 10.2. The minimum Gasteiger partial charge on any atom is -0.406 e. The molecule has 0 aliphatic carbocycles. The van der Waals surface area contributed by atoms with Crippen molar-refractivity contribution in [2.75, 3.05) is 0 Å². The van der Waals surface area contributed by atoms with Crippen LogP contribution >= 0.6 is 0 Å². The van der Waals surface area contributed by atoms with Crippen molar-refractivity contribution in [3.05, 3.63) is 0 Å². The molecule has 0 saturated carbocycles. The zero-order valence-corrected chi connectivity index (χ0v) is 11.7. The third-order valence-electron chi connectivity index (χ3n) is 2.88. The zero-order chi connectivity index (χ0) is 12.1. The molecule has 0 fully saturated rings. The fourth-order valence-corrected chi connectivity index (χ4v) is 2.12. The van der Waals surface area contributed by atoms with Gasteiger partial charge in [0, 0.05) is 6.42 Å². The Morgan fingerprint density at radius 1 is 1.40 bits per heavy atom. The number of hydrogen-bond acceptors (Lipinski definition) is 2. The van der Waals surface area contributed by atoms with Crippen LogP contribution in [0.3, 0.4) is 0 Å². The van der Waals surface area contributed by atoms with E-state index in [2.05, 4.69) is 45.7 Å². The highest BCUT2D eigenvalue weighted by molar-refractivity contribution is 6.74. The second-order valence-electron chi connectivity index (χ2n) is 5.18. The Hall–Kier alpha value is -0.593. The minimum atomic E-state index is -1.84. The summed E-state index contributed by atoms with van der Waals surface area (Å²) in [6.45, 7) is 12.5. The van der Waals surface area contributed by atoms with Gasteiger partial charge in [0.15, 0.2) is 8.32 Å². The molecule has 0 aromatic heterocycles. The van der Waals surface area contributed by atoms with Gasteiger partial charge < -0.3 is 9.22 Å². The van der Waals surface area contributed by atoms with E-state index in [1.165, 1.54) is 0 Å². The van der Waals surface area contributed by atoms with Crippen molar-refractivity contribution in [2.24, 2.45) is 0 Å². The van der Waals surface area contributed by atoms with E-state index in [1.54, 1.807) is 6.92 Å². The third-order valence-corrected chi connectivity index (χ3v) is 7.39. The Labute approximate surface area is 94.5 Å². The van der Waals surface area contributed by atoms with Gasteiger partial charge in [0.05, 0.1) is 0 Å². The molecule has 0 rings (SSSR count). The molecular formula is C12H22O2Si. The minimum absolute atomic E-state index is 0.133. The van der Waals surface area contributed by atoms with Crippen LogP contribution in [0.4, 0.5) is 0 Å². The number of carbonyl (C=O) groups excluding carboxylic acids is 1.